The van der Waals surface area contributed by atoms with Crippen molar-refractivity contribution in [3.05, 3.63) is 30.1 Å². The number of hydrogen-bond donors (Lipinski definition) is 1. The Kier molecular flexibility index (Phi) is 4.09. The number of nitrogens with zero attached hydrogens (tertiary/aromatic N) is 2. The molecular weight excluding hydrogens is 282 g/mol. The van der Waals surface area contributed by atoms with E-state index >= 15 is 0 Å². The quantitative estimate of drug-likeness (QED) is 0.880. The standard InChI is InChI=1S/C16H19N3O3/c1-2-22-16(21)11-5-4-8-19(10-11)15(20)14-9-13-12(18-14)6-3-7-17-13/h3,6-7,9,11,18H,2,4-5,8,10H2,1H3. The number of nitrogens with one attached hydrogen (secondary N) is 1. The van der Waals surface area contributed by atoms with Crippen molar-refractivity contribution in [1.29, 1.82) is 0 Å². The maximum atomic E-state index is 12.6. The molecule has 1 atom stereocenters. The van der Waals surface area contributed by atoms with Crippen molar-refractivity contribution < 1.29 is 14.3 Å². The lowest BCUT2D eigenvalue weighted by Gasteiger charge is -2.31. The largest absolute Gasteiger partial charge is 0.466 e. The van der Waals surface area contributed by atoms with Crippen molar-refractivity contribution in [2.24, 2.45) is 5.92 Å². The fourth-order valence-corrected chi connectivity index (χ4v) is 2.86. The number of aromatic amines is 1. The van der Waals surface area contributed by atoms with Crippen LogP contribution in [0, 0.1) is 5.92 Å². The average molecular weight is 301 g/mol. The Morgan fingerprint density at radius 2 is 2.36 bits per heavy atom. The summed E-state index contributed by atoms with van der Waals surface area (Å²) < 4.78 is 5.07. The summed E-state index contributed by atoms with van der Waals surface area (Å²) in [5.41, 5.74) is 2.12. The van der Waals surface area contributed by atoms with Crippen LogP contribution in [0.1, 0.15) is 30.3 Å². The molecule has 22 heavy (non-hydrogen) atoms. The SMILES string of the molecule is CCOC(=O)C1CCCN(C(=O)c2cc3ncccc3[nH]2)C1. The Hall–Kier alpha value is -2.37. The predicted octanol–water partition coefficient (Wildman–Crippen LogP) is 1.98. The van der Waals surface area contributed by atoms with Crippen LogP contribution in [0.5, 0.6) is 0 Å². The number of amides is 1. The molecular formula is C16H19N3O3. The minimum Gasteiger partial charge on any atom is -0.466 e. The van der Waals surface area contributed by atoms with Crippen LogP contribution in [-0.2, 0) is 9.53 Å². The molecule has 6 heteroatoms. The number of hydrogen-bond acceptors (Lipinski definition) is 4. The molecule has 1 aliphatic heterocycles. The molecule has 0 bridgehead atoms. The van der Waals surface area contributed by atoms with E-state index in [1.807, 2.05) is 12.1 Å². The molecule has 0 saturated carbocycles. The highest BCUT2D eigenvalue weighted by atomic mass is 16.5. The molecule has 1 N–H and O–H groups in total. The van der Waals surface area contributed by atoms with E-state index in [1.165, 1.54) is 0 Å². The number of rotatable bonds is 3. The molecule has 3 heterocycles. The summed E-state index contributed by atoms with van der Waals surface area (Å²) in [6.07, 6.45) is 3.28. The van der Waals surface area contributed by atoms with Gasteiger partial charge in [-0.2, -0.15) is 0 Å². The van der Waals surface area contributed by atoms with Gasteiger partial charge < -0.3 is 14.6 Å². The lowest BCUT2D eigenvalue weighted by atomic mass is 9.98. The van der Waals surface area contributed by atoms with Crippen molar-refractivity contribution >= 4 is 22.9 Å². The molecule has 0 aromatic carbocycles. The zero-order valence-corrected chi connectivity index (χ0v) is 12.5. The van der Waals surface area contributed by atoms with Gasteiger partial charge >= 0.3 is 5.97 Å². The molecule has 1 amide bonds. The van der Waals surface area contributed by atoms with E-state index in [0.29, 0.717) is 25.4 Å². The van der Waals surface area contributed by atoms with Crippen molar-refractivity contribution in [2.75, 3.05) is 19.7 Å². The van der Waals surface area contributed by atoms with E-state index in [9.17, 15) is 9.59 Å². The predicted molar refractivity (Wildman–Crippen MR) is 81.4 cm³/mol. The van der Waals surface area contributed by atoms with Crippen LogP contribution >= 0.6 is 0 Å². The number of aromatic nitrogens is 2. The number of pyridine rings is 1. The van der Waals surface area contributed by atoms with Gasteiger partial charge in [-0.1, -0.05) is 0 Å². The first-order chi connectivity index (χ1) is 10.7. The summed E-state index contributed by atoms with van der Waals surface area (Å²) in [5.74, 6) is -0.523. The molecule has 1 aliphatic rings. The Morgan fingerprint density at radius 3 is 3.14 bits per heavy atom. The molecule has 0 aliphatic carbocycles. The molecule has 3 rings (SSSR count). The lowest BCUT2D eigenvalue weighted by Crippen LogP contribution is -2.42. The zero-order valence-electron chi connectivity index (χ0n) is 12.5. The molecule has 6 nitrogen and oxygen atoms in total. The van der Waals surface area contributed by atoms with E-state index in [-0.39, 0.29) is 17.8 Å². The molecule has 0 spiro atoms. The van der Waals surface area contributed by atoms with E-state index in [1.54, 1.807) is 24.1 Å². The minimum atomic E-state index is -0.222. The number of H-pyrrole nitrogens is 1. The molecule has 2 aromatic heterocycles. The second-order valence-electron chi connectivity index (χ2n) is 5.46. The molecule has 116 valence electrons. The second kappa shape index (κ2) is 6.17. The van der Waals surface area contributed by atoms with Gasteiger partial charge in [0.15, 0.2) is 0 Å². The number of fused-ring (bicyclic) bond motifs is 1. The summed E-state index contributed by atoms with van der Waals surface area (Å²) in [6.45, 7) is 3.25. The summed E-state index contributed by atoms with van der Waals surface area (Å²) in [6, 6.07) is 5.47. The highest BCUT2D eigenvalue weighted by Crippen LogP contribution is 2.21. The molecule has 1 fully saturated rings. The lowest BCUT2D eigenvalue weighted by molar-refractivity contribution is -0.149. The number of esters is 1. The zero-order chi connectivity index (χ0) is 15.5. The maximum Gasteiger partial charge on any atom is 0.310 e. The minimum absolute atomic E-state index is 0.0907. The van der Waals surface area contributed by atoms with Gasteiger partial charge in [-0.15, -0.1) is 0 Å². The van der Waals surface area contributed by atoms with Gasteiger partial charge in [0.2, 0.25) is 0 Å². The smallest absolute Gasteiger partial charge is 0.310 e. The summed E-state index contributed by atoms with van der Waals surface area (Å²) in [4.78, 5) is 33.5. The molecule has 0 radical (unpaired) electrons. The normalized spacial score (nSPS) is 18.4. The third kappa shape index (κ3) is 2.81. The summed E-state index contributed by atoms with van der Waals surface area (Å²) in [5, 5.41) is 0. The molecule has 1 unspecified atom stereocenters. The van der Waals surface area contributed by atoms with Crippen LogP contribution < -0.4 is 0 Å². The first-order valence-electron chi connectivity index (χ1n) is 7.58. The van der Waals surface area contributed by atoms with Crippen LogP contribution in [0.25, 0.3) is 11.0 Å². The number of likely N-dealkylation sites (tertiary alicyclic amines) is 1. The topological polar surface area (TPSA) is 75.3 Å². The van der Waals surface area contributed by atoms with Crippen LogP contribution in [-0.4, -0.2) is 46.4 Å². The van der Waals surface area contributed by atoms with Crippen molar-refractivity contribution in [3.63, 3.8) is 0 Å². The Balaban J connectivity index is 1.75. The number of carbonyl (C=O) groups excluding carboxylic acids is 2. The Labute approximate surface area is 128 Å². The van der Waals surface area contributed by atoms with E-state index in [2.05, 4.69) is 9.97 Å². The van der Waals surface area contributed by atoms with Gasteiger partial charge in [-0.05, 0) is 38.0 Å². The molecule has 1 saturated heterocycles. The summed E-state index contributed by atoms with van der Waals surface area (Å²) in [7, 11) is 0. The second-order valence-corrected chi connectivity index (χ2v) is 5.46. The number of piperidine rings is 1. The van der Waals surface area contributed by atoms with E-state index in [0.717, 1.165) is 23.9 Å². The van der Waals surface area contributed by atoms with Crippen LogP contribution in [0.15, 0.2) is 24.4 Å². The van der Waals surface area contributed by atoms with Gasteiger partial charge in [-0.3, -0.25) is 14.6 Å². The van der Waals surface area contributed by atoms with Crippen LogP contribution in [0.3, 0.4) is 0 Å². The number of carbonyl (C=O) groups is 2. The Bertz CT molecular complexity index is 662. The summed E-state index contributed by atoms with van der Waals surface area (Å²) >= 11 is 0. The van der Waals surface area contributed by atoms with Crippen LogP contribution in [0.2, 0.25) is 0 Å². The third-order valence-corrected chi connectivity index (χ3v) is 3.95. The van der Waals surface area contributed by atoms with Crippen LogP contribution in [0.4, 0.5) is 0 Å². The van der Waals surface area contributed by atoms with Crippen molar-refractivity contribution in [1.82, 2.24) is 14.9 Å². The Morgan fingerprint density at radius 1 is 1.50 bits per heavy atom. The van der Waals surface area contributed by atoms with E-state index < -0.39 is 0 Å². The van der Waals surface area contributed by atoms with Crippen molar-refractivity contribution in [2.45, 2.75) is 19.8 Å². The first kappa shape index (κ1) is 14.6. The highest BCUT2D eigenvalue weighted by molar-refractivity contribution is 5.97. The monoisotopic (exact) mass is 301 g/mol. The fraction of sp³-hybridized carbons (Fsp3) is 0.438. The molecule has 2 aromatic rings. The van der Waals surface area contributed by atoms with Gasteiger partial charge in [0, 0.05) is 19.3 Å². The maximum absolute atomic E-state index is 12.6. The van der Waals surface area contributed by atoms with E-state index in [4.69, 9.17) is 4.74 Å². The first-order valence-corrected chi connectivity index (χ1v) is 7.58. The van der Waals surface area contributed by atoms with Gasteiger partial charge in [0.05, 0.1) is 23.6 Å². The third-order valence-electron chi connectivity index (χ3n) is 3.95. The fourth-order valence-electron chi connectivity index (χ4n) is 2.86. The average Bonchev–Trinajstić information content (AvgIpc) is 2.98. The van der Waals surface area contributed by atoms with Gasteiger partial charge in [0.25, 0.3) is 5.91 Å². The van der Waals surface area contributed by atoms with Gasteiger partial charge in [0.1, 0.15) is 5.69 Å². The van der Waals surface area contributed by atoms with Gasteiger partial charge in [-0.25, -0.2) is 0 Å². The number of ether oxygens (including phenoxy) is 1. The highest BCUT2D eigenvalue weighted by Gasteiger charge is 2.30. The van der Waals surface area contributed by atoms with Crippen molar-refractivity contribution in [3.8, 4) is 0 Å².